The molecule has 3 heterocycles. The van der Waals surface area contributed by atoms with Crippen molar-refractivity contribution in [2.24, 2.45) is 5.92 Å². The Morgan fingerprint density at radius 1 is 1.42 bits per heavy atom. The number of hydrogen-bond acceptors (Lipinski definition) is 5. The molecule has 0 aliphatic carbocycles. The molecule has 0 radical (unpaired) electrons. The Balaban J connectivity index is 1.82. The van der Waals surface area contributed by atoms with E-state index in [0.29, 0.717) is 24.5 Å². The molecule has 0 amide bonds. The predicted molar refractivity (Wildman–Crippen MR) is 67.5 cm³/mol. The number of carbonyl (C=O) groups excluding carboxylic acids is 1. The number of piperidine rings is 1. The number of hydrogen-bond donors (Lipinski definition) is 1. The average Bonchev–Trinajstić information content (AvgIpc) is 2.46. The van der Waals surface area contributed by atoms with Crippen LogP contribution in [0.1, 0.15) is 28.9 Å². The van der Waals surface area contributed by atoms with Gasteiger partial charge in [-0.2, -0.15) is 5.26 Å². The predicted octanol–water partition coefficient (Wildman–Crippen LogP) is 0.903. The fraction of sp³-hybridized carbons (Fsp3) is 0.500. The van der Waals surface area contributed by atoms with E-state index in [9.17, 15) is 4.79 Å². The second-order valence-corrected chi connectivity index (χ2v) is 5.14. The molecule has 2 saturated heterocycles. The number of rotatable bonds is 2. The Morgan fingerprint density at radius 2 is 2.16 bits per heavy atom. The second-order valence-electron chi connectivity index (χ2n) is 5.14. The summed E-state index contributed by atoms with van der Waals surface area (Å²) >= 11 is 0. The van der Waals surface area contributed by atoms with E-state index in [4.69, 9.17) is 10.00 Å². The highest BCUT2D eigenvalue weighted by atomic mass is 16.5. The molecule has 2 unspecified atom stereocenters. The summed E-state index contributed by atoms with van der Waals surface area (Å²) in [5.74, 6) is -0.0577. The van der Waals surface area contributed by atoms with Crippen LogP contribution in [-0.2, 0) is 4.74 Å². The van der Waals surface area contributed by atoms with Crippen molar-refractivity contribution in [2.75, 3.05) is 13.2 Å². The molecule has 1 aromatic heterocycles. The number of nitrogens with zero attached hydrogens (tertiary/aromatic N) is 2. The van der Waals surface area contributed by atoms with Crippen LogP contribution in [0.4, 0.5) is 0 Å². The zero-order chi connectivity index (χ0) is 13.2. The van der Waals surface area contributed by atoms with Gasteiger partial charge in [0, 0.05) is 24.2 Å². The molecule has 1 N–H and O–H groups in total. The number of morpholine rings is 1. The molecule has 5 nitrogen and oxygen atoms in total. The topological polar surface area (TPSA) is 75.0 Å². The summed E-state index contributed by atoms with van der Waals surface area (Å²) in [6, 6.07) is 5.86. The molecule has 2 atom stereocenters. The molecule has 0 spiro atoms. The average molecular weight is 257 g/mol. The second kappa shape index (κ2) is 5.08. The molecule has 3 rings (SSSR count). The molecule has 0 aromatic carbocycles. The maximum atomic E-state index is 12.5. The van der Waals surface area contributed by atoms with E-state index in [1.54, 1.807) is 18.3 Å². The van der Waals surface area contributed by atoms with Gasteiger partial charge in [-0.1, -0.05) is 0 Å². The number of nitriles is 1. The zero-order valence-corrected chi connectivity index (χ0v) is 10.5. The molecule has 98 valence electrons. The standard InChI is InChI=1S/C14H15N3O2/c15-6-9-2-1-3-16-13(9)14(18)10-4-11-7-19-8-12(5-10)17-11/h1-3,10-12,17H,4-5,7-8H2. The van der Waals surface area contributed by atoms with Crippen LogP contribution in [-0.4, -0.2) is 36.1 Å². The molecular weight excluding hydrogens is 242 g/mol. The van der Waals surface area contributed by atoms with E-state index in [0.717, 1.165) is 12.8 Å². The molecule has 0 saturated carbocycles. The van der Waals surface area contributed by atoms with Gasteiger partial charge in [-0.3, -0.25) is 9.78 Å². The minimum atomic E-state index is -0.0536. The summed E-state index contributed by atoms with van der Waals surface area (Å²) in [6.45, 7) is 1.32. The summed E-state index contributed by atoms with van der Waals surface area (Å²) in [5, 5.41) is 12.5. The largest absolute Gasteiger partial charge is 0.378 e. The lowest BCUT2D eigenvalue weighted by molar-refractivity contribution is 0.00942. The van der Waals surface area contributed by atoms with E-state index >= 15 is 0 Å². The maximum absolute atomic E-state index is 12.5. The molecular formula is C14H15N3O2. The zero-order valence-electron chi connectivity index (χ0n) is 10.5. The first kappa shape index (κ1) is 12.3. The maximum Gasteiger partial charge on any atom is 0.185 e. The van der Waals surface area contributed by atoms with E-state index in [2.05, 4.69) is 10.3 Å². The third-order valence-corrected chi connectivity index (χ3v) is 3.78. The number of Topliss-reactive ketones (excluding diaryl/α,β-unsaturated/α-hetero) is 1. The highest BCUT2D eigenvalue weighted by Crippen LogP contribution is 2.27. The van der Waals surface area contributed by atoms with Gasteiger partial charge >= 0.3 is 0 Å². The van der Waals surface area contributed by atoms with Crippen LogP contribution in [0, 0.1) is 17.2 Å². The van der Waals surface area contributed by atoms with Crippen LogP contribution >= 0.6 is 0 Å². The first-order chi connectivity index (χ1) is 9.28. The minimum Gasteiger partial charge on any atom is -0.378 e. The van der Waals surface area contributed by atoms with Gasteiger partial charge in [0.15, 0.2) is 5.78 Å². The summed E-state index contributed by atoms with van der Waals surface area (Å²) in [7, 11) is 0. The van der Waals surface area contributed by atoms with E-state index in [1.807, 2.05) is 6.07 Å². The van der Waals surface area contributed by atoms with Gasteiger partial charge in [0.05, 0.1) is 18.8 Å². The van der Waals surface area contributed by atoms with Crippen LogP contribution in [0.25, 0.3) is 0 Å². The number of carbonyl (C=O) groups is 1. The summed E-state index contributed by atoms with van der Waals surface area (Å²) in [5.41, 5.74) is 0.684. The first-order valence-corrected chi connectivity index (χ1v) is 6.51. The lowest BCUT2D eigenvalue weighted by Gasteiger charge is -2.39. The van der Waals surface area contributed by atoms with E-state index < -0.39 is 0 Å². The van der Waals surface area contributed by atoms with Crippen molar-refractivity contribution in [3.8, 4) is 6.07 Å². The number of pyridine rings is 1. The fourth-order valence-corrected chi connectivity index (χ4v) is 2.94. The summed E-state index contributed by atoms with van der Waals surface area (Å²) in [4.78, 5) is 16.6. The first-order valence-electron chi connectivity index (χ1n) is 6.51. The van der Waals surface area contributed by atoms with Crippen LogP contribution in [0.15, 0.2) is 18.3 Å². The molecule has 2 bridgehead atoms. The Kier molecular flexibility index (Phi) is 3.28. The summed E-state index contributed by atoms with van der Waals surface area (Å²) in [6.07, 6.45) is 3.09. The number of aromatic nitrogens is 1. The van der Waals surface area contributed by atoms with Gasteiger partial charge < -0.3 is 10.1 Å². The quantitative estimate of drug-likeness (QED) is 0.797. The van der Waals surface area contributed by atoms with Gasteiger partial charge in [-0.15, -0.1) is 0 Å². The minimum absolute atomic E-state index is 0.00412. The SMILES string of the molecule is N#Cc1cccnc1C(=O)C1CC2COCC(C1)N2. The molecule has 2 fully saturated rings. The van der Waals surface area contributed by atoms with Gasteiger partial charge in [0.25, 0.3) is 0 Å². The number of ketones is 1. The highest BCUT2D eigenvalue weighted by Gasteiger charge is 2.36. The van der Waals surface area contributed by atoms with Crippen LogP contribution < -0.4 is 5.32 Å². The third-order valence-electron chi connectivity index (χ3n) is 3.78. The normalized spacial score (nSPS) is 29.5. The highest BCUT2D eigenvalue weighted by molar-refractivity contribution is 5.98. The third kappa shape index (κ3) is 2.37. The number of nitrogens with one attached hydrogen (secondary N) is 1. The molecule has 1 aromatic rings. The smallest absolute Gasteiger partial charge is 0.185 e. The van der Waals surface area contributed by atoms with Crippen LogP contribution in [0.2, 0.25) is 0 Å². The lowest BCUT2D eigenvalue weighted by Crippen LogP contribution is -2.55. The van der Waals surface area contributed by atoms with Crippen molar-refractivity contribution in [1.29, 1.82) is 5.26 Å². The van der Waals surface area contributed by atoms with Crippen molar-refractivity contribution in [1.82, 2.24) is 10.3 Å². The van der Waals surface area contributed by atoms with Crippen molar-refractivity contribution in [3.63, 3.8) is 0 Å². The molecule has 19 heavy (non-hydrogen) atoms. The monoisotopic (exact) mass is 257 g/mol. The molecule has 5 heteroatoms. The Morgan fingerprint density at radius 3 is 2.84 bits per heavy atom. The number of ether oxygens (including phenoxy) is 1. The van der Waals surface area contributed by atoms with Crippen molar-refractivity contribution < 1.29 is 9.53 Å². The molecule has 2 aliphatic rings. The van der Waals surface area contributed by atoms with Gasteiger partial charge in [0.2, 0.25) is 0 Å². The van der Waals surface area contributed by atoms with Gasteiger partial charge in [-0.25, -0.2) is 0 Å². The Bertz CT molecular complexity index is 526. The van der Waals surface area contributed by atoms with E-state index in [1.165, 1.54) is 0 Å². The Hall–Kier alpha value is -1.77. The van der Waals surface area contributed by atoms with Crippen molar-refractivity contribution >= 4 is 5.78 Å². The fourth-order valence-electron chi connectivity index (χ4n) is 2.94. The Labute approximate surface area is 111 Å². The van der Waals surface area contributed by atoms with Crippen molar-refractivity contribution in [3.05, 3.63) is 29.6 Å². The molecule has 2 aliphatic heterocycles. The van der Waals surface area contributed by atoms with Crippen molar-refractivity contribution in [2.45, 2.75) is 24.9 Å². The van der Waals surface area contributed by atoms with Gasteiger partial charge in [0.1, 0.15) is 11.8 Å². The van der Waals surface area contributed by atoms with E-state index in [-0.39, 0.29) is 23.8 Å². The lowest BCUT2D eigenvalue weighted by atomic mass is 9.82. The summed E-state index contributed by atoms with van der Waals surface area (Å²) < 4.78 is 5.47. The van der Waals surface area contributed by atoms with Gasteiger partial charge in [-0.05, 0) is 25.0 Å². The van der Waals surface area contributed by atoms with Crippen LogP contribution in [0.3, 0.4) is 0 Å². The number of fused-ring (bicyclic) bond motifs is 2. The van der Waals surface area contributed by atoms with Crippen LogP contribution in [0.5, 0.6) is 0 Å².